The van der Waals surface area contributed by atoms with Gasteiger partial charge in [0.15, 0.2) is 0 Å². The Bertz CT molecular complexity index is 2560. The fraction of sp³-hybridized carbons (Fsp3) is 0.298. The molecular weight excluding hydrogens is 1150 g/mol. The first-order valence-electron chi connectivity index (χ1n) is 23.9. The van der Waals surface area contributed by atoms with Gasteiger partial charge in [-0.1, -0.05) is 175 Å². The lowest BCUT2D eigenvalue weighted by atomic mass is 10.1. The average Bonchev–Trinajstić information content (AvgIpc) is 3.42. The molecular formula is C57H61I2N5O3S3. The van der Waals surface area contributed by atoms with Crippen molar-refractivity contribution in [3.05, 3.63) is 223 Å². The topological polar surface area (TPSA) is 72.0 Å². The molecule has 3 fully saturated rings. The highest BCUT2D eigenvalue weighted by molar-refractivity contribution is 14.1. The Labute approximate surface area is 456 Å². The Morgan fingerprint density at radius 3 is 1.39 bits per heavy atom. The van der Waals surface area contributed by atoms with Crippen molar-refractivity contribution in [2.24, 2.45) is 0 Å². The summed E-state index contributed by atoms with van der Waals surface area (Å²) in [6, 6.07) is 61.1. The summed E-state index contributed by atoms with van der Waals surface area (Å²) in [6.45, 7) is 9.89. The Balaban J connectivity index is 0.000000143. The molecule has 0 amide bonds. The number of rotatable bonds is 14. The van der Waals surface area contributed by atoms with Crippen LogP contribution >= 0.6 is 81.3 Å². The molecule has 13 heteroatoms. The van der Waals surface area contributed by atoms with Gasteiger partial charge in [-0.05, 0) is 97.3 Å². The van der Waals surface area contributed by atoms with Gasteiger partial charge in [-0.25, -0.2) is 9.97 Å². The van der Waals surface area contributed by atoms with Crippen molar-refractivity contribution >= 4 is 81.3 Å². The zero-order valence-corrected chi connectivity index (χ0v) is 46.0. The van der Waals surface area contributed by atoms with E-state index in [-0.39, 0.29) is 34.1 Å². The van der Waals surface area contributed by atoms with E-state index >= 15 is 0 Å². The molecule has 7 aromatic rings. The molecule has 5 heterocycles. The third-order valence-electron chi connectivity index (χ3n) is 12.2. The molecule has 0 unspecified atom stereocenters. The minimum Gasteiger partial charge on any atom is -0.374 e. The van der Waals surface area contributed by atoms with E-state index in [0.717, 1.165) is 82.2 Å². The first-order chi connectivity index (χ1) is 34.5. The van der Waals surface area contributed by atoms with Crippen LogP contribution in [0.3, 0.4) is 0 Å². The van der Waals surface area contributed by atoms with Crippen molar-refractivity contribution in [3.8, 4) is 0 Å². The van der Waals surface area contributed by atoms with E-state index in [1.165, 1.54) is 35.0 Å². The maximum absolute atomic E-state index is 6.28. The maximum Gasteiger partial charge on any atom is 0.110 e. The highest BCUT2D eigenvalue weighted by atomic mass is 127. The number of pyridine rings is 2. The van der Waals surface area contributed by atoms with Crippen LogP contribution in [0, 0.1) is 7.14 Å². The van der Waals surface area contributed by atoms with Crippen LogP contribution in [0.25, 0.3) is 0 Å². The zero-order chi connectivity index (χ0) is 48.2. The predicted molar refractivity (Wildman–Crippen MR) is 308 cm³/mol. The summed E-state index contributed by atoms with van der Waals surface area (Å²) in [4.78, 5) is 14.1. The minimum absolute atomic E-state index is 0.127. The SMILES string of the molecule is Ic1cccnc1S[C@@H](c1ccccc1)[C@@H]1CN(Cc2ccccc2)CCO1.Ic1cccnc1S[C@@H](c1ccccc1)[C@@H]1CNCCO1.S[C@@H](c1ccccc1)[C@@H]1CN(Cc2ccccc2)CCO1. The molecule has 364 valence electrons. The van der Waals surface area contributed by atoms with Crippen molar-refractivity contribution in [3.63, 3.8) is 0 Å². The number of hydrogen-bond donors (Lipinski definition) is 2. The number of morpholine rings is 3. The van der Waals surface area contributed by atoms with Crippen LogP contribution in [0.5, 0.6) is 0 Å². The number of hydrogen-bond acceptors (Lipinski definition) is 11. The molecule has 0 radical (unpaired) electrons. The van der Waals surface area contributed by atoms with E-state index in [1.807, 2.05) is 42.4 Å². The lowest BCUT2D eigenvalue weighted by molar-refractivity contribution is -0.0320. The first-order valence-corrected chi connectivity index (χ1v) is 28.4. The molecule has 70 heavy (non-hydrogen) atoms. The van der Waals surface area contributed by atoms with Gasteiger partial charge in [-0.15, -0.1) is 0 Å². The van der Waals surface area contributed by atoms with Gasteiger partial charge in [-0.2, -0.15) is 12.6 Å². The van der Waals surface area contributed by atoms with Gasteiger partial charge in [0, 0.05) is 71.9 Å². The van der Waals surface area contributed by atoms with Crippen LogP contribution in [0.4, 0.5) is 0 Å². The van der Waals surface area contributed by atoms with Crippen LogP contribution in [-0.2, 0) is 27.3 Å². The molecule has 1 N–H and O–H groups in total. The first kappa shape index (κ1) is 53.0. The third-order valence-corrected chi connectivity index (χ3v) is 18.0. The second-order valence-corrected chi connectivity index (χ2v) is 22.3. The molecule has 2 aromatic heterocycles. The number of halogens is 2. The molecule has 5 aromatic carbocycles. The number of thioether (sulfide) groups is 2. The van der Waals surface area contributed by atoms with Crippen LogP contribution in [0.15, 0.2) is 198 Å². The summed E-state index contributed by atoms with van der Waals surface area (Å²) in [7, 11) is 0. The Hall–Kier alpha value is -3.33. The smallest absolute Gasteiger partial charge is 0.110 e. The van der Waals surface area contributed by atoms with Crippen molar-refractivity contribution in [1.29, 1.82) is 0 Å². The summed E-state index contributed by atoms with van der Waals surface area (Å²) in [5.74, 6) is 0. The number of thiol groups is 1. The zero-order valence-electron chi connectivity index (χ0n) is 39.2. The van der Waals surface area contributed by atoms with Gasteiger partial charge in [0.25, 0.3) is 0 Å². The summed E-state index contributed by atoms with van der Waals surface area (Å²) in [5, 5.41) is 6.16. The molecule has 0 spiro atoms. The summed E-state index contributed by atoms with van der Waals surface area (Å²) < 4.78 is 20.6. The molecule has 3 aliphatic rings. The quantitative estimate of drug-likeness (QED) is 0.0625. The average molecular weight is 1210 g/mol. The monoisotopic (exact) mass is 1210 g/mol. The van der Waals surface area contributed by atoms with Crippen LogP contribution in [-0.4, -0.2) is 97.2 Å². The molecule has 0 saturated carbocycles. The van der Waals surface area contributed by atoms with E-state index in [4.69, 9.17) is 26.8 Å². The van der Waals surface area contributed by atoms with Crippen LogP contribution in [0.1, 0.15) is 43.6 Å². The van der Waals surface area contributed by atoms with Crippen molar-refractivity contribution in [2.75, 3.05) is 59.1 Å². The lowest BCUT2D eigenvalue weighted by Gasteiger charge is -2.37. The van der Waals surface area contributed by atoms with Gasteiger partial charge in [0.1, 0.15) is 10.1 Å². The fourth-order valence-electron chi connectivity index (χ4n) is 8.61. The van der Waals surface area contributed by atoms with Crippen molar-refractivity contribution in [2.45, 2.75) is 57.2 Å². The molecule has 3 aliphatic heterocycles. The number of nitrogens with one attached hydrogen (secondary N) is 1. The molecule has 3 saturated heterocycles. The standard InChI is InChI=1S/C23H23IN2OS.C18H21NOS.C16H17IN2OS/c24-20-12-7-13-25-23(20)28-22(19-10-5-2-6-11-19)21-17-26(14-15-27-21)16-18-8-3-1-4-9-18;21-18(16-9-5-2-6-10-16)17-14-19(11-12-20-17)13-15-7-3-1-4-8-15;17-13-7-4-8-19-16(13)21-15(12-5-2-1-3-6-12)14-11-18-9-10-20-14/h1-13,21-22H,14-17H2;1-10,17-18,21H,11-14H2;1-8,14-15,18H,9-11H2/t21-,22-;17-,18-;14-,15-/m000/s1. The molecule has 0 bridgehead atoms. The Kier molecular flexibility index (Phi) is 21.8. The molecule has 0 aliphatic carbocycles. The highest BCUT2D eigenvalue weighted by Gasteiger charge is 2.32. The summed E-state index contributed by atoms with van der Waals surface area (Å²) >= 11 is 13.1. The number of ether oxygens (including phenoxy) is 3. The Morgan fingerprint density at radius 2 is 0.929 bits per heavy atom. The number of nitrogens with zero attached hydrogens (tertiary/aromatic N) is 4. The second-order valence-electron chi connectivity index (χ2n) is 17.2. The minimum atomic E-state index is 0.127. The molecule has 10 rings (SSSR count). The second kappa shape index (κ2) is 28.8. The summed E-state index contributed by atoms with van der Waals surface area (Å²) in [5.41, 5.74) is 6.52. The van der Waals surface area contributed by atoms with Crippen molar-refractivity contribution < 1.29 is 14.2 Å². The lowest BCUT2D eigenvalue weighted by Crippen LogP contribution is -2.44. The van der Waals surface area contributed by atoms with E-state index in [2.05, 4.69) is 228 Å². The van der Waals surface area contributed by atoms with Crippen molar-refractivity contribution in [1.82, 2.24) is 25.1 Å². The van der Waals surface area contributed by atoms with Gasteiger partial charge < -0.3 is 19.5 Å². The normalized spacial score (nSPS) is 19.8. The van der Waals surface area contributed by atoms with Gasteiger partial charge in [0.2, 0.25) is 0 Å². The maximum atomic E-state index is 6.28. The Morgan fingerprint density at radius 1 is 0.514 bits per heavy atom. The van der Waals surface area contributed by atoms with E-state index in [0.29, 0.717) is 0 Å². The molecule has 8 nitrogen and oxygen atoms in total. The summed E-state index contributed by atoms with van der Waals surface area (Å²) in [6.07, 6.45) is 4.17. The third kappa shape index (κ3) is 16.3. The van der Waals surface area contributed by atoms with E-state index in [9.17, 15) is 0 Å². The van der Waals surface area contributed by atoms with Crippen LogP contribution in [0.2, 0.25) is 0 Å². The van der Waals surface area contributed by atoms with Gasteiger partial charge in [-0.3, -0.25) is 9.80 Å². The predicted octanol–water partition coefficient (Wildman–Crippen LogP) is 12.5. The van der Waals surface area contributed by atoms with Gasteiger partial charge in [0.05, 0.1) is 53.9 Å². The van der Waals surface area contributed by atoms with Gasteiger partial charge >= 0.3 is 0 Å². The van der Waals surface area contributed by atoms with Crippen LogP contribution < -0.4 is 5.32 Å². The largest absolute Gasteiger partial charge is 0.374 e. The number of benzene rings is 5. The fourth-order valence-corrected chi connectivity index (χ4v) is 12.7. The molecule has 6 atom stereocenters. The van der Waals surface area contributed by atoms with E-state index in [1.54, 1.807) is 11.8 Å². The number of aromatic nitrogens is 2. The van der Waals surface area contributed by atoms with E-state index < -0.39 is 0 Å². The highest BCUT2D eigenvalue weighted by Crippen LogP contribution is 2.42.